The van der Waals surface area contributed by atoms with Crippen molar-refractivity contribution < 1.29 is 0 Å². The highest BCUT2D eigenvalue weighted by molar-refractivity contribution is 7.98. The van der Waals surface area contributed by atoms with Crippen LogP contribution in [0, 0.1) is 12.8 Å². The van der Waals surface area contributed by atoms with Crippen molar-refractivity contribution in [1.82, 2.24) is 10.3 Å². The van der Waals surface area contributed by atoms with Gasteiger partial charge in [0.05, 0.1) is 5.69 Å². The SMILES string of the molecule is CCNCc1sc(CSCC(C)C)nc1C. The lowest BCUT2D eigenvalue weighted by atomic mass is 10.3. The standard InChI is InChI=1S/C12H22N2S2/c1-5-13-6-11-10(4)14-12(16-11)8-15-7-9(2)3/h9,13H,5-8H2,1-4H3. The Balaban J connectivity index is 2.42. The largest absolute Gasteiger partial charge is 0.312 e. The smallest absolute Gasteiger partial charge is 0.103 e. The number of rotatable bonds is 7. The molecule has 2 nitrogen and oxygen atoms in total. The predicted molar refractivity (Wildman–Crippen MR) is 75.2 cm³/mol. The van der Waals surface area contributed by atoms with Crippen LogP contribution in [0.25, 0.3) is 0 Å². The van der Waals surface area contributed by atoms with Crippen molar-refractivity contribution in [2.24, 2.45) is 5.92 Å². The fraction of sp³-hybridized carbons (Fsp3) is 0.750. The number of thiazole rings is 1. The predicted octanol–water partition coefficient (Wildman–Crippen LogP) is 3.45. The van der Waals surface area contributed by atoms with Crippen LogP contribution in [0.5, 0.6) is 0 Å². The van der Waals surface area contributed by atoms with Crippen LogP contribution in [-0.2, 0) is 12.3 Å². The Bertz CT molecular complexity index is 308. The molecule has 0 aliphatic rings. The Morgan fingerprint density at radius 3 is 2.81 bits per heavy atom. The molecule has 0 spiro atoms. The maximum Gasteiger partial charge on any atom is 0.103 e. The zero-order valence-electron chi connectivity index (χ0n) is 10.7. The van der Waals surface area contributed by atoms with Crippen LogP contribution < -0.4 is 5.32 Å². The molecule has 1 rings (SSSR count). The molecule has 1 heterocycles. The highest BCUT2D eigenvalue weighted by Crippen LogP contribution is 2.23. The van der Waals surface area contributed by atoms with E-state index < -0.39 is 0 Å². The molecule has 1 aromatic rings. The molecule has 1 N–H and O–H groups in total. The van der Waals surface area contributed by atoms with Crippen LogP contribution in [0.1, 0.15) is 36.3 Å². The lowest BCUT2D eigenvalue weighted by Crippen LogP contribution is -2.11. The zero-order valence-corrected chi connectivity index (χ0v) is 12.3. The molecule has 1 aromatic heterocycles. The lowest BCUT2D eigenvalue weighted by molar-refractivity contribution is 0.731. The number of aryl methyl sites for hydroxylation is 1. The van der Waals surface area contributed by atoms with E-state index in [0.29, 0.717) is 0 Å². The normalized spacial score (nSPS) is 11.3. The van der Waals surface area contributed by atoms with Gasteiger partial charge in [-0.05, 0) is 25.1 Å². The van der Waals surface area contributed by atoms with Crippen molar-refractivity contribution in [2.45, 2.75) is 40.0 Å². The van der Waals surface area contributed by atoms with Gasteiger partial charge in [0.15, 0.2) is 0 Å². The molecule has 0 aliphatic carbocycles. The molecule has 16 heavy (non-hydrogen) atoms. The summed E-state index contributed by atoms with van der Waals surface area (Å²) in [5, 5.41) is 4.63. The van der Waals surface area contributed by atoms with Crippen LogP contribution >= 0.6 is 23.1 Å². The quantitative estimate of drug-likeness (QED) is 0.811. The maximum absolute atomic E-state index is 4.62. The first-order valence-corrected chi connectivity index (χ1v) is 7.84. The number of aromatic nitrogens is 1. The highest BCUT2D eigenvalue weighted by atomic mass is 32.2. The average Bonchev–Trinajstić information content (AvgIpc) is 2.56. The summed E-state index contributed by atoms with van der Waals surface area (Å²) in [4.78, 5) is 6.01. The molecule has 0 fully saturated rings. The fourth-order valence-corrected chi connectivity index (χ4v) is 3.48. The molecule has 0 bridgehead atoms. The minimum atomic E-state index is 0.771. The van der Waals surface area contributed by atoms with Crippen LogP contribution in [0.4, 0.5) is 0 Å². The summed E-state index contributed by atoms with van der Waals surface area (Å²) in [6.45, 7) is 10.8. The second-order valence-corrected chi connectivity index (χ2v) is 6.50. The van der Waals surface area contributed by atoms with Crippen LogP contribution in [0.3, 0.4) is 0 Å². The van der Waals surface area contributed by atoms with Gasteiger partial charge in [0.1, 0.15) is 5.01 Å². The third-order valence-corrected chi connectivity index (χ3v) is 4.87. The summed E-state index contributed by atoms with van der Waals surface area (Å²) in [6.07, 6.45) is 0. The summed E-state index contributed by atoms with van der Waals surface area (Å²) in [6, 6.07) is 0. The molecular weight excluding hydrogens is 236 g/mol. The number of nitrogens with zero attached hydrogens (tertiary/aromatic N) is 1. The van der Waals surface area contributed by atoms with Gasteiger partial charge >= 0.3 is 0 Å². The van der Waals surface area contributed by atoms with Gasteiger partial charge in [-0.15, -0.1) is 11.3 Å². The number of nitrogens with one attached hydrogen (secondary N) is 1. The van der Waals surface area contributed by atoms with Crippen molar-refractivity contribution in [3.05, 3.63) is 15.6 Å². The first-order chi connectivity index (χ1) is 7.63. The minimum absolute atomic E-state index is 0.771. The third-order valence-electron chi connectivity index (χ3n) is 2.15. The van der Waals surface area contributed by atoms with Gasteiger partial charge < -0.3 is 5.32 Å². The van der Waals surface area contributed by atoms with Crippen LogP contribution in [0.15, 0.2) is 0 Å². The fourth-order valence-electron chi connectivity index (χ4n) is 1.33. The first kappa shape index (κ1) is 14.0. The molecule has 92 valence electrons. The molecule has 0 unspecified atom stereocenters. The van der Waals surface area contributed by atoms with E-state index in [4.69, 9.17) is 0 Å². The molecule has 0 saturated heterocycles. The Labute approximate surface area is 107 Å². The molecule has 4 heteroatoms. The topological polar surface area (TPSA) is 24.9 Å². The van der Waals surface area contributed by atoms with Crippen molar-refractivity contribution in [3.63, 3.8) is 0 Å². The van der Waals surface area contributed by atoms with E-state index in [9.17, 15) is 0 Å². The van der Waals surface area contributed by atoms with Crippen LogP contribution in [0.2, 0.25) is 0 Å². The van der Waals surface area contributed by atoms with E-state index >= 15 is 0 Å². The number of hydrogen-bond acceptors (Lipinski definition) is 4. The van der Waals surface area contributed by atoms with Gasteiger partial charge in [-0.25, -0.2) is 4.98 Å². The number of thioether (sulfide) groups is 1. The Kier molecular flexibility index (Phi) is 6.39. The molecular formula is C12H22N2S2. The van der Waals surface area contributed by atoms with Crippen molar-refractivity contribution >= 4 is 23.1 Å². The monoisotopic (exact) mass is 258 g/mol. The Hall–Kier alpha value is -0.0600. The summed E-state index contributed by atoms with van der Waals surface area (Å²) in [5.41, 5.74) is 1.20. The van der Waals surface area contributed by atoms with Crippen molar-refractivity contribution in [3.8, 4) is 0 Å². The van der Waals surface area contributed by atoms with E-state index in [1.54, 1.807) is 0 Å². The van der Waals surface area contributed by atoms with E-state index in [0.717, 1.165) is 24.8 Å². The van der Waals surface area contributed by atoms with Crippen LogP contribution in [-0.4, -0.2) is 17.3 Å². The molecule has 0 saturated carbocycles. The first-order valence-electron chi connectivity index (χ1n) is 5.87. The van der Waals surface area contributed by atoms with Gasteiger partial charge in [-0.3, -0.25) is 0 Å². The third kappa shape index (κ3) is 4.85. The van der Waals surface area contributed by atoms with Gasteiger partial charge in [0.2, 0.25) is 0 Å². The molecule has 0 amide bonds. The summed E-state index contributed by atoms with van der Waals surface area (Å²) in [7, 11) is 0. The van der Waals surface area contributed by atoms with Gasteiger partial charge in [0.25, 0.3) is 0 Å². The molecule has 0 aliphatic heterocycles. The van der Waals surface area contributed by atoms with E-state index in [1.807, 2.05) is 23.1 Å². The maximum atomic E-state index is 4.62. The summed E-state index contributed by atoms with van der Waals surface area (Å²) >= 11 is 3.84. The second kappa shape index (κ2) is 7.30. The minimum Gasteiger partial charge on any atom is -0.312 e. The average molecular weight is 258 g/mol. The lowest BCUT2D eigenvalue weighted by Gasteiger charge is -2.01. The van der Waals surface area contributed by atoms with Crippen molar-refractivity contribution in [1.29, 1.82) is 0 Å². The molecule has 0 aromatic carbocycles. The van der Waals surface area contributed by atoms with E-state index in [-0.39, 0.29) is 0 Å². The highest BCUT2D eigenvalue weighted by Gasteiger charge is 2.07. The Morgan fingerprint density at radius 2 is 2.19 bits per heavy atom. The molecule has 0 radical (unpaired) electrons. The molecule has 0 atom stereocenters. The van der Waals surface area contributed by atoms with Gasteiger partial charge in [-0.2, -0.15) is 11.8 Å². The summed E-state index contributed by atoms with van der Waals surface area (Å²) < 4.78 is 0. The zero-order chi connectivity index (χ0) is 12.0. The van der Waals surface area contributed by atoms with E-state index in [1.165, 1.54) is 21.3 Å². The van der Waals surface area contributed by atoms with E-state index in [2.05, 4.69) is 38.0 Å². The Morgan fingerprint density at radius 1 is 1.44 bits per heavy atom. The summed E-state index contributed by atoms with van der Waals surface area (Å²) in [5.74, 6) is 3.06. The number of hydrogen-bond donors (Lipinski definition) is 1. The van der Waals surface area contributed by atoms with Crippen molar-refractivity contribution in [2.75, 3.05) is 12.3 Å². The van der Waals surface area contributed by atoms with Gasteiger partial charge in [-0.1, -0.05) is 20.8 Å². The van der Waals surface area contributed by atoms with Gasteiger partial charge in [0, 0.05) is 17.2 Å². The second-order valence-electron chi connectivity index (χ2n) is 4.31.